The average molecular weight is 301 g/mol. The van der Waals surface area contributed by atoms with E-state index in [-0.39, 0.29) is 5.60 Å². The Balaban J connectivity index is 1.51. The van der Waals surface area contributed by atoms with E-state index in [9.17, 15) is 5.11 Å². The number of likely N-dealkylation sites (tertiary alicyclic amines) is 1. The number of benzene rings is 1. The van der Waals surface area contributed by atoms with E-state index >= 15 is 0 Å². The first kappa shape index (κ1) is 13.7. The minimum absolute atomic E-state index is 0.356. The molecule has 0 spiro atoms. The molecule has 1 aromatic heterocycles. The highest BCUT2D eigenvalue weighted by atomic mass is 32.1. The monoisotopic (exact) mass is 301 g/mol. The van der Waals surface area contributed by atoms with Crippen molar-refractivity contribution in [3.63, 3.8) is 0 Å². The fourth-order valence-corrected chi connectivity index (χ4v) is 5.13. The van der Waals surface area contributed by atoms with Crippen molar-refractivity contribution in [3.8, 4) is 0 Å². The topological polar surface area (TPSA) is 23.5 Å². The first-order valence-corrected chi connectivity index (χ1v) is 9.02. The smallest absolute Gasteiger partial charge is 0.0700 e. The summed E-state index contributed by atoms with van der Waals surface area (Å²) in [5.74, 6) is 0.491. The van der Waals surface area contributed by atoms with E-state index < -0.39 is 0 Å². The SMILES string of the molecule is OC12CCCCC1CN(Cc1csc3ccccc13)CC2. The number of fused-ring (bicyclic) bond motifs is 2. The van der Waals surface area contributed by atoms with Gasteiger partial charge in [0, 0.05) is 30.3 Å². The maximum absolute atomic E-state index is 10.8. The van der Waals surface area contributed by atoms with Crippen LogP contribution in [0.25, 0.3) is 10.1 Å². The van der Waals surface area contributed by atoms with Gasteiger partial charge in [-0.3, -0.25) is 4.90 Å². The number of aliphatic hydroxyl groups is 1. The van der Waals surface area contributed by atoms with Crippen molar-refractivity contribution in [3.05, 3.63) is 35.2 Å². The van der Waals surface area contributed by atoms with Crippen LogP contribution in [0.4, 0.5) is 0 Å². The van der Waals surface area contributed by atoms with Gasteiger partial charge in [0.25, 0.3) is 0 Å². The van der Waals surface area contributed by atoms with Gasteiger partial charge in [0.05, 0.1) is 5.60 Å². The summed E-state index contributed by atoms with van der Waals surface area (Å²) < 4.78 is 1.39. The van der Waals surface area contributed by atoms with Gasteiger partial charge in [0.2, 0.25) is 0 Å². The van der Waals surface area contributed by atoms with Crippen molar-refractivity contribution in [2.45, 2.75) is 44.2 Å². The van der Waals surface area contributed by atoms with Crippen molar-refractivity contribution >= 4 is 21.4 Å². The van der Waals surface area contributed by atoms with E-state index in [1.54, 1.807) is 0 Å². The van der Waals surface area contributed by atoms with Gasteiger partial charge >= 0.3 is 0 Å². The summed E-state index contributed by atoms with van der Waals surface area (Å²) in [5, 5.41) is 14.5. The Morgan fingerprint density at radius 2 is 2.14 bits per heavy atom. The molecule has 1 aliphatic carbocycles. The second-order valence-electron chi connectivity index (χ2n) is 6.79. The molecular weight excluding hydrogens is 278 g/mol. The molecule has 1 saturated heterocycles. The summed E-state index contributed by atoms with van der Waals surface area (Å²) in [6.45, 7) is 3.15. The minimum Gasteiger partial charge on any atom is -0.390 e. The average Bonchev–Trinajstić information content (AvgIpc) is 2.91. The third-order valence-electron chi connectivity index (χ3n) is 5.47. The number of nitrogens with zero attached hydrogens (tertiary/aromatic N) is 1. The lowest BCUT2D eigenvalue weighted by Crippen LogP contribution is -2.52. The molecule has 3 heteroatoms. The van der Waals surface area contributed by atoms with Gasteiger partial charge in [-0.2, -0.15) is 0 Å². The van der Waals surface area contributed by atoms with Gasteiger partial charge in [-0.25, -0.2) is 0 Å². The zero-order valence-electron chi connectivity index (χ0n) is 12.4. The molecule has 21 heavy (non-hydrogen) atoms. The number of piperidine rings is 1. The lowest BCUT2D eigenvalue weighted by atomic mass is 9.71. The molecule has 0 amide bonds. The van der Waals surface area contributed by atoms with Crippen LogP contribution in [-0.4, -0.2) is 28.7 Å². The van der Waals surface area contributed by atoms with Crippen LogP contribution in [0.15, 0.2) is 29.6 Å². The summed E-state index contributed by atoms with van der Waals surface area (Å²) in [4.78, 5) is 2.55. The molecule has 2 atom stereocenters. The predicted molar refractivity (Wildman–Crippen MR) is 88.6 cm³/mol. The third kappa shape index (κ3) is 2.52. The zero-order valence-corrected chi connectivity index (χ0v) is 13.2. The standard InChI is InChI=1S/C18H23NOS/c20-18-8-4-3-5-15(18)12-19(10-9-18)11-14-13-21-17-7-2-1-6-16(14)17/h1-2,6-7,13,15,20H,3-5,8-12H2. The fraction of sp³-hybridized carbons (Fsp3) is 0.556. The molecule has 2 heterocycles. The van der Waals surface area contributed by atoms with Gasteiger partial charge in [0.15, 0.2) is 0 Å². The minimum atomic E-state index is -0.356. The maximum atomic E-state index is 10.8. The second kappa shape index (κ2) is 5.38. The molecule has 2 unspecified atom stereocenters. The van der Waals surface area contributed by atoms with Crippen LogP contribution >= 0.6 is 11.3 Å². The summed E-state index contributed by atoms with van der Waals surface area (Å²) in [5.41, 5.74) is 1.10. The van der Waals surface area contributed by atoms with Crippen LogP contribution in [0.3, 0.4) is 0 Å². The molecule has 1 aromatic carbocycles. The van der Waals surface area contributed by atoms with Crippen LogP contribution in [0.1, 0.15) is 37.7 Å². The Hall–Kier alpha value is -0.900. The highest BCUT2D eigenvalue weighted by molar-refractivity contribution is 7.17. The molecular formula is C18H23NOS. The summed E-state index contributed by atoms with van der Waals surface area (Å²) in [6.07, 6.45) is 5.69. The Bertz CT molecular complexity index is 637. The number of rotatable bonds is 2. The Morgan fingerprint density at radius 1 is 1.24 bits per heavy atom. The molecule has 2 aromatic rings. The Morgan fingerprint density at radius 3 is 3.10 bits per heavy atom. The molecule has 112 valence electrons. The normalized spacial score (nSPS) is 30.4. The molecule has 2 nitrogen and oxygen atoms in total. The molecule has 2 aliphatic rings. The van der Waals surface area contributed by atoms with Crippen LogP contribution in [0.5, 0.6) is 0 Å². The summed E-state index contributed by atoms with van der Waals surface area (Å²) in [7, 11) is 0. The Kier molecular flexibility index (Phi) is 3.52. The number of thiophene rings is 1. The first-order valence-electron chi connectivity index (χ1n) is 8.14. The highest BCUT2D eigenvalue weighted by Crippen LogP contribution is 2.40. The lowest BCUT2D eigenvalue weighted by Gasteiger charge is -2.47. The van der Waals surface area contributed by atoms with Gasteiger partial charge < -0.3 is 5.11 Å². The summed E-state index contributed by atoms with van der Waals surface area (Å²) >= 11 is 1.85. The third-order valence-corrected chi connectivity index (χ3v) is 6.48. The number of hydrogen-bond donors (Lipinski definition) is 1. The van der Waals surface area contributed by atoms with Crippen molar-refractivity contribution in [1.82, 2.24) is 4.90 Å². The van der Waals surface area contributed by atoms with Gasteiger partial charge in [0.1, 0.15) is 0 Å². The molecule has 2 fully saturated rings. The van der Waals surface area contributed by atoms with E-state index in [2.05, 4.69) is 34.5 Å². The second-order valence-corrected chi connectivity index (χ2v) is 7.70. The van der Waals surface area contributed by atoms with Crippen LogP contribution < -0.4 is 0 Å². The van der Waals surface area contributed by atoms with Crippen molar-refractivity contribution in [2.75, 3.05) is 13.1 Å². The Labute approximate surface area is 130 Å². The predicted octanol–water partition coefficient (Wildman–Crippen LogP) is 4.03. The van der Waals surface area contributed by atoms with E-state index in [4.69, 9.17) is 0 Å². The van der Waals surface area contributed by atoms with Gasteiger partial charge in [-0.1, -0.05) is 31.0 Å². The molecule has 0 radical (unpaired) electrons. The van der Waals surface area contributed by atoms with Crippen molar-refractivity contribution in [1.29, 1.82) is 0 Å². The van der Waals surface area contributed by atoms with E-state index in [0.29, 0.717) is 5.92 Å². The van der Waals surface area contributed by atoms with Gasteiger partial charge in [-0.05, 0) is 41.7 Å². The first-order chi connectivity index (χ1) is 10.2. The zero-order chi connectivity index (χ0) is 14.3. The maximum Gasteiger partial charge on any atom is 0.0700 e. The summed E-state index contributed by atoms with van der Waals surface area (Å²) in [6, 6.07) is 8.70. The van der Waals surface area contributed by atoms with Gasteiger partial charge in [-0.15, -0.1) is 11.3 Å². The number of hydrogen-bond acceptors (Lipinski definition) is 3. The molecule has 4 rings (SSSR count). The molecule has 1 N–H and O–H groups in total. The molecule has 0 bridgehead atoms. The van der Waals surface area contributed by atoms with E-state index in [1.807, 2.05) is 11.3 Å². The quantitative estimate of drug-likeness (QED) is 0.905. The molecule has 1 aliphatic heterocycles. The van der Waals surface area contributed by atoms with Crippen LogP contribution in [0, 0.1) is 5.92 Å². The van der Waals surface area contributed by atoms with Crippen molar-refractivity contribution in [2.24, 2.45) is 5.92 Å². The largest absolute Gasteiger partial charge is 0.390 e. The fourth-order valence-electron chi connectivity index (χ4n) is 4.18. The van der Waals surface area contributed by atoms with Crippen LogP contribution in [0.2, 0.25) is 0 Å². The lowest BCUT2D eigenvalue weighted by molar-refractivity contribution is -0.0967. The highest BCUT2D eigenvalue weighted by Gasteiger charge is 2.42. The molecule has 1 saturated carbocycles. The van der Waals surface area contributed by atoms with Crippen molar-refractivity contribution < 1.29 is 5.11 Å². The van der Waals surface area contributed by atoms with E-state index in [0.717, 1.165) is 32.5 Å². The van der Waals surface area contributed by atoms with E-state index in [1.165, 1.54) is 34.9 Å². The van der Waals surface area contributed by atoms with Crippen LogP contribution in [-0.2, 0) is 6.54 Å².